The molecule has 0 amide bonds. The Morgan fingerprint density at radius 2 is 2.29 bits per heavy atom. The fraction of sp³-hybridized carbons (Fsp3) is 0.545. The van der Waals surface area contributed by atoms with Gasteiger partial charge in [-0.25, -0.2) is 0 Å². The Morgan fingerprint density at radius 1 is 1.53 bits per heavy atom. The predicted octanol–water partition coefficient (Wildman–Crippen LogP) is 1.52. The number of hydrogen-bond donors (Lipinski definition) is 1. The molecule has 1 unspecified atom stereocenters. The van der Waals surface area contributed by atoms with E-state index in [0.29, 0.717) is 23.3 Å². The molecule has 0 aromatic carbocycles. The Morgan fingerprint density at radius 3 is 2.88 bits per heavy atom. The van der Waals surface area contributed by atoms with E-state index in [1.165, 1.54) is 0 Å². The van der Waals surface area contributed by atoms with Crippen molar-refractivity contribution >= 4 is 0 Å². The van der Waals surface area contributed by atoms with E-state index in [9.17, 15) is 0 Å². The summed E-state index contributed by atoms with van der Waals surface area (Å²) in [4.78, 5) is 4.28. The summed E-state index contributed by atoms with van der Waals surface area (Å²) < 4.78 is 6.87. The average molecular weight is 235 g/mol. The zero-order valence-corrected chi connectivity index (χ0v) is 10.3. The smallest absolute Gasteiger partial charge is 0.244 e. The van der Waals surface area contributed by atoms with Crippen molar-refractivity contribution < 1.29 is 4.52 Å². The third-order valence-corrected chi connectivity index (χ3v) is 2.93. The number of aromatic nitrogens is 4. The van der Waals surface area contributed by atoms with Crippen LogP contribution in [0.1, 0.15) is 32.2 Å². The lowest BCUT2D eigenvalue weighted by Crippen LogP contribution is -2.18. The van der Waals surface area contributed by atoms with Crippen LogP contribution < -0.4 is 5.73 Å². The molecule has 92 valence electrons. The fourth-order valence-electron chi connectivity index (χ4n) is 1.51. The monoisotopic (exact) mass is 235 g/mol. The van der Waals surface area contributed by atoms with Gasteiger partial charge in [-0.3, -0.25) is 4.68 Å². The molecule has 0 saturated carbocycles. The molecule has 6 heteroatoms. The Hall–Kier alpha value is -1.69. The molecule has 0 bridgehead atoms. The molecule has 2 N–H and O–H groups in total. The van der Waals surface area contributed by atoms with Crippen molar-refractivity contribution in [2.75, 3.05) is 0 Å². The highest BCUT2D eigenvalue weighted by atomic mass is 16.5. The van der Waals surface area contributed by atoms with Crippen LogP contribution in [0, 0.1) is 5.92 Å². The predicted molar refractivity (Wildman–Crippen MR) is 62.9 cm³/mol. The Balaban J connectivity index is 2.21. The Kier molecular flexibility index (Phi) is 3.23. The van der Waals surface area contributed by atoms with E-state index in [4.69, 9.17) is 10.3 Å². The van der Waals surface area contributed by atoms with Gasteiger partial charge in [-0.2, -0.15) is 10.1 Å². The van der Waals surface area contributed by atoms with Crippen LogP contribution in [0.3, 0.4) is 0 Å². The van der Waals surface area contributed by atoms with E-state index >= 15 is 0 Å². The van der Waals surface area contributed by atoms with E-state index < -0.39 is 0 Å². The van der Waals surface area contributed by atoms with Crippen molar-refractivity contribution in [3.63, 3.8) is 0 Å². The molecule has 17 heavy (non-hydrogen) atoms. The van der Waals surface area contributed by atoms with Crippen molar-refractivity contribution in [2.24, 2.45) is 18.7 Å². The SMILES string of the molecule is CCC(C)[C@H](N)c1nc(-c2ccn(C)n2)no1. The van der Waals surface area contributed by atoms with Crippen LogP contribution in [0.25, 0.3) is 11.5 Å². The van der Waals surface area contributed by atoms with Crippen LogP contribution in [0.2, 0.25) is 0 Å². The molecule has 2 rings (SSSR count). The van der Waals surface area contributed by atoms with Crippen LogP contribution in [0.4, 0.5) is 0 Å². The van der Waals surface area contributed by atoms with Gasteiger partial charge in [-0.15, -0.1) is 0 Å². The van der Waals surface area contributed by atoms with Gasteiger partial charge in [-0.1, -0.05) is 25.4 Å². The first-order valence-corrected chi connectivity index (χ1v) is 5.71. The molecule has 0 spiro atoms. The third kappa shape index (κ3) is 2.36. The van der Waals surface area contributed by atoms with Gasteiger partial charge in [0.15, 0.2) is 0 Å². The number of hydrogen-bond acceptors (Lipinski definition) is 5. The molecular weight excluding hydrogens is 218 g/mol. The Bertz CT molecular complexity index is 490. The van der Waals surface area contributed by atoms with Gasteiger partial charge < -0.3 is 10.3 Å². The summed E-state index contributed by atoms with van der Waals surface area (Å²) in [6.45, 7) is 4.15. The first kappa shape index (κ1) is 11.8. The van der Waals surface area contributed by atoms with Crippen LogP contribution in [0.5, 0.6) is 0 Å². The highest BCUT2D eigenvalue weighted by Crippen LogP contribution is 2.22. The zero-order valence-electron chi connectivity index (χ0n) is 10.3. The number of rotatable bonds is 4. The van der Waals surface area contributed by atoms with Gasteiger partial charge in [0, 0.05) is 13.2 Å². The van der Waals surface area contributed by atoms with Gasteiger partial charge in [0.1, 0.15) is 5.69 Å². The van der Waals surface area contributed by atoms with E-state index in [1.54, 1.807) is 4.68 Å². The molecule has 0 aliphatic heterocycles. The van der Waals surface area contributed by atoms with E-state index in [-0.39, 0.29) is 6.04 Å². The largest absolute Gasteiger partial charge is 0.337 e. The average Bonchev–Trinajstić information content (AvgIpc) is 2.95. The van der Waals surface area contributed by atoms with E-state index in [0.717, 1.165) is 6.42 Å². The van der Waals surface area contributed by atoms with E-state index in [1.807, 2.05) is 19.3 Å². The van der Waals surface area contributed by atoms with Crippen molar-refractivity contribution in [1.82, 2.24) is 19.9 Å². The highest BCUT2D eigenvalue weighted by molar-refractivity contribution is 5.46. The van der Waals surface area contributed by atoms with Gasteiger partial charge >= 0.3 is 0 Å². The molecule has 0 aliphatic carbocycles. The molecule has 0 aliphatic rings. The van der Waals surface area contributed by atoms with Crippen molar-refractivity contribution in [1.29, 1.82) is 0 Å². The fourth-order valence-corrected chi connectivity index (χ4v) is 1.51. The molecule has 2 heterocycles. The van der Waals surface area contributed by atoms with Crippen molar-refractivity contribution in [2.45, 2.75) is 26.3 Å². The zero-order chi connectivity index (χ0) is 12.4. The van der Waals surface area contributed by atoms with E-state index in [2.05, 4.69) is 29.1 Å². The summed E-state index contributed by atoms with van der Waals surface area (Å²) >= 11 is 0. The van der Waals surface area contributed by atoms with Crippen LogP contribution in [-0.2, 0) is 7.05 Å². The second kappa shape index (κ2) is 4.67. The summed E-state index contributed by atoms with van der Waals surface area (Å²) in [6.07, 6.45) is 2.81. The number of aryl methyl sites for hydroxylation is 1. The molecule has 2 atom stereocenters. The summed E-state index contributed by atoms with van der Waals surface area (Å²) in [5, 5.41) is 8.11. The molecule has 2 aromatic heterocycles. The lowest BCUT2D eigenvalue weighted by Gasteiger charge is -2.12. The normalized spacial score (nSPS) is 14.8. The second-order valence-corrected chi connectivity index (χ2v) is 4.24. The maximum Gasteiger partial charge on any atom is 0.244 e. The number of nitrogens with two attached hydrogens (primary N) is 1. The molecular formula is C11H17N5O. The van der Waals surface area contributed by atoms with Crippen molar-refractivity contribution in [3.8, 4) is 11.5 Å². The maximum absolute atomic E-state index is 6.02. The van der Waals surface area contributed by atoms with Gasteiger partial charge in [0.25, 0.3) is 0 Å². The van der Waals surface area contributed by atoms with Gasteiger partial charge in [0.05, 0.1) is 6.04 Å². The summed E-state index contributed by atoms with van der Waals surface area (Å²) in [6, 6.07) is 1.62. The van der Waals surface area contributed by atoms with Gasteiger partial charge in [-0.05, 0) is 12.0 Å². The first-order chi connectivity index (χ1) is 8.11. The quantitative estimate of drug-likeness (QED) is 0.868. The minimum absolute atomic E-state index is 0.218. The van der Waals surface area contributed by atoms with Gasteiger partial charge in [0.2, 0.25) is 11.7 Å². The lowest BCUT2D eigenvalue weighted by atomic mass is 10.0. The summed E-state index contributed by atoms with van der Waals surface area (Å²) in [7, 11) is 1.84. The lowest BCUT2D eigenvalue weighted by molar-refractivity contribution is 0.312. The van der Waals surface area contributed by atoms with Crippen LogP contribution in [-0.4, -0.2) is 19.9 Å². The number of nitrogens with zero attached hydrogens (tertiary/aromatic N) is 4. The molecule has 0 saturated heterocycles. The van der Waals surface area contributed by atoms with Crippen LogP contribution >= 0.6 is 0 Å². The summed E-state index contributed by atoms with van der Waals surface area (Å²) in [5.74, 6) is 1.27. The molecule has 2 aromatic rings. The topological polar surface area (TPSA) is 82.8 Å². The highest BCUT2D eigenvalue weighted by Gasteiger charge is 2.21. The minimum Gasteiger partial charge on any atom is -0.337 e. The van der Waals surface area contributed by atoms with Crippen molar-refractivity contribution in [3.05, 3.63) is 18.2 Å². The molecule has 6 nitrogen and oxygen atoms in total. The van der Waals surface area contributed by atoms with Crippen LogP contribution in [0.15, 0.2) is 16.8 Å². The molecule has 0 fully saturated rings. The second-order valence-electron chi connectivity index (χ2n) is 4.24. The third-order valence-electron chi connectivity index (χ3n) is 2.93. The summed E-state index contributed by atoms with van der Waals surface area (Å²) in [5.41, 5.74) is 6.72. The first-order valence-electron chi connectivity index (χ1n) is 5.71. The minimum atomic E-state index is -0.218. The standard InChI is InChI=1S/C11H17N5O/c1-4-7(2)9(12)11-13-10(15-17-11)8-5-6-16(3)14-8/h5-7,9H,4,12H2,1-3H3/t7?,9-/m0/s1. The maximum atomic E-state index is 6.02. The Labute approximate surface area is 99.8 Å². The molecule has 0 radical (unpaired) electrons.